The van der Waals surface area contributed by atoms with Gasteiger partial charge < -0.3 is 20.9 Å². The van der Waals surface area contributed by atoms with Crippen molar-refractivity contribution in [3.63, 3.8) is 0 Å². The summed E-state index contributed by atoms with van der Waals surface area (Å²) in [6.07, 6.45) is 8.81. The molecule has 0 saturated carbocycles. The van der Waals surface area contributed by atoms with Gasteiger partial charge in [-0.05, 0) is 24.3 Å². The number of anilines is 2. The molecule has 8 nitrogen and oxygen atoms in total. The lowest BCUT2D eigenvalue weighted by Crippen LogP contribution is -2.51. The van der Waals surface area contributed by atoms with Gasteiger partial charge in [0.15, 0.2) is 5.96 Å². The van der Waals surface area contributed by atoms with E-state index in [9.17, 15) is 4.79 Å². The summed E-state index contributed by atoms with van der Waals surface area (Å²) in [5.74, 6) is 3.35. The van der Waals surface area contributed by atoms with Crippen molar-refractivity contribution in [2.75, 3.05) is 42.9 Å². The molecule has 0 radical (unpaired) electrons. The van der Waals surface area contributed by atoms with Gasteiger partial charge in [0.05, 0.1) is 0 Å². The van der Waals surface area contributed by atoms with Crippen molar-refractivity contribution in [2.45, 2.75) is 0 Å². The van der Waals surface area contributed by atoms with Gasteiger partial charge in [0.1, 0.15) is 6.54 Å². The van der Waals surface area contributed by atoms with E-state index in [1.54, 1.807) is 42.7 Å². The van der Waals surface area contributed by atoms with Gasteiger partial charge in [-0.3, -0.25) is 4.79 Å². The number of halogens is 1. The molecule has 0 bridgehead atoms. The molecular formula is C19H22IN7O. The van der Waals surface area contributed by atoms with E-state index in [1.165, 1.54) is 0 Å². The van der Waals surface area contributed by atoms with Crippen LogP contribution in [-0.4, -0.2) is 59.5 Å². The summed E-state index contributed by atoms with van der Waals surface area (Å²) in [6.45, 7) is 2.82. The normalized spacial score (nSPS) is 14.0. The number of nitrogens with zero attached hydrogens (tertiary/aromatic N) is 5. The van der Waals surface area contributed by atoms with E-state index in [0.29, 0.717) is 36.2 Å². The Labute approximate surface area is 181 Å². The summed E-state index contributed by atoms with van der Waals surface area (Å²) >= 11 is 0. The summed E-state index contributed by atoms with van der Waals surface area (Å²) in [5, 5.41) is 2.76. The van der Waals surface area contributed by atoms with Crippen molar-refractivity contribution >= 4 is 47.5 Å². The van der Waals surface area contributed by atoms with Crippen LogP contribution in [0, 0.1) is 12.3 Å². The fraction of sp³-hybridized carbons (Fsp3) is 0.263. The zero-order chi connectivity index (χ0) is 19.1. The molecule has 28 heavy (non-hydrogen) atoms. The number of nitrogens with one attached hydrogen (secondary N) is 1. The van der Waals surface area contributed by atoms with Gasteiger partial charge in [-0.1, -0.05) is 12.0 Å². The van der Waals surface area contributed by atoms with Crippen LogP contribution in [0.5, 0.6) is 0 Å². The monoisotopic (exact) mass is 491 g/mol. The number of hydrogen-bond donors (Lipinski definition) is 2. The molecule has 1 aromatic heterocycles. The maximum absolute atomic E-state index is 12.1. The summed E-state index contributed by atoms with van der Waals surface area (Å²) in [5.41, 5.74) is 7.38. The number of benzene rings is 1. The Balaban J connectivity index is 0.00000280. The highest BCUT2D eigenvalue weighted by atomic mass is 127. The maximum atomic E-state index is 12.1. The Hall–Kier alpha value is -2.87. The number of guanidine groups is 1. The van der Waals surface area contributed by atoms with Crippen LogP contribution in [0.1, 0.15) is 5.56 Å². The van der Waals surface area contributed by atoms with Crippen molar-refractivity contribution in [3.05, 3.63) is 48.3 Å². The molecule has 3 N–H and O–H groups in total. The third-order valence-corrected chi connectivity index (χ3v) is 4.14. The summed E-state index contributed by atoms with van der Waals surface area (Å²) < 4.78 is 0. The number of aliphatic imine (C=N–C) groups is 1. The number of aromatic nitrogens is 2. The lowest BCUT2D eigenvalue weighted by Gasteiger charge is -2.35. The summed E-state index contributed by atoms with van der Waals surface area (Å²) in [4.78, 5) is 28.8. The Bertz CT molecular complexity index is 858. The van der Waals surface area contributed by atoms with Crippen LogP contribution >= 0.6 is 24.0 Å². The standard InChI is InChI=1S/C19H21N7O.HI/c1-2-15-5-3-6-16(13-15)24-17(27)14-23-18(20)25-9-11-26(12-10-25)19-21-7-4-8-22-19;/h1,3-8,13H,9-12,14H2,(H2,20,23)(H,24,27);1H. The number of nitrogens with two attached hydrogens (primary N) is 1. The molecule has 1 aliphatic heterocycles. The molecule has 9 heteroatoms. The van der Waals surface area contributed by atoms with Crippen molar-refractivity contribution in [1.82, 2.24) is 14.9 Å². The summed E-state index contributed by atoms with van der Waals surface area (Å²) in [6, 6.07) is 8.88. The second-order valence-electron chi connectivity index (χ2n) is 5.97. The van der Waals surface area contributed by atoms with Crippen molar-refractivity contribution in [1.29, 1.82) is 0 Å². The SMILES string of the molecule is C#Cc1cccc(NC(=O)CN=C(N)N2CCN(c3ncccn3)CC2)c1.I. The zero-order valence-corrected chi connectivity index (χ0v) is 17.6. The van der Waals surface area contributed by atoms with Crippen LogP contribution in [0.4, 0.5) is 11.6 Å². The molecule has 1 saturated heterocycles. The number of carbonyl (C=O) groups is 1. The van der Waals surface area contributed by atoms with Crippen LogP contribution in [0.3, 0.4) is 0 Å². The number of hydrogen-bond acceptors (Lipinski definition) is 5. The smallest absolute Gasteiger partial charge is 0.246 e. The largest absolute Gasteiger partial charge is 0.370 e. The van der Waals surface area contributed by atoms with Gasteiger partial charge in [-0.15, -0.1) is 30.4 Å². The highest BCUT2D eigenvalue weighted by molar-refractivity contribution is 14.0. The first-order chi connectivity index (χ1) is 13.2. The van der Waals surface area contributed by atoms with Crippen molar-refractivity contribution < 1.29 is 4.79 Å². The van der Waals surface area contributed by atoms with Gasteiger partial charge in [-0.2, -0.15) is 0 Å². The molecule has 1 amide bonds. The number of piperazine rings is 1. The number of terminal acetylenes is 1. The molecular weight excluding hydrogens is 469 g/mol. The first-order valence-corrected chi connectivity index (χ1v) is 8.59. The molecule has 2 aromatic rings. The van der Waals surface area contributed by atoms with Gasteiger partial charge in [0, 0.05) is 49.8 Å². The maximum Gasteiger partial charge on any atom is 0.246 e. The second kappa shape index (κ2) is 10.5. The molecule has 0 aliphatic carbocycles. The molecule has 1 fully saturated rings. The van der Waals surface area contributed by atoms with Gasteiger partial charge in [-0.25, -0.2) is 15.0 Å². The molecule has 0 unspecified atom stereocenters. The van der Waals surface area contributed by atoms with Crippen LogP contribution in [0.2, 0.25) is 0 Å². The number of carbonyl (C=O) groups excluding carboxylic acids is 1. The van der Waals surface area contributed by atoms with Gasteiger partial charge in [0.2, 0.25) is 11.9 Å². The van der Waals surface area contributed by atoms with E-state index < -0.39 is 0 Å². The Morgan fingerprint density at radius 1 is 1.21 bits per heavy atom. The third-order valence-electron chi connectivity index (χ3n) is 4.14. The Kier molecular flexibility index (Phi) is 8.01. The van der Waals surface area contributed by atoms with E-state index >= 15 is 0 Å². The second-order valence-corrected chi connectivity index (χ2v) is 5.97. The molecule has 146 valence electrons. The van der Waals surface area contributed by atoms with Gasteiger partial charge in [0.25, 0.3) is 0 Å². The summed E-state index contributed by atoms with van der Waals surface area (Å²) in [7, 11) is 0. The molecule has 1 aliphatic rings. The quantitative estimate of drug-likeness (QED) is 0.288. The predicted molar refractivity (Wildman–Crippen MR) is 121 cm³/mol. The topological polar surface area (TPSA) is 99.7 Å². The fourth-order valence-electron chi connectivity index (χ4n) is 2.73. The lowest BCUT2D eigenvalue weighted by molar-refractivity contribution is -0.114. The number of amides is 1. The first kappa shape index (κ1) is 21.4. The molecule has 2 heterocycles. The van der Waals surface area contributed by atoms with Gasteiger partial charge >= 0.3 is 0 Å². The molecule has 1 aromatic carbocycles. The Morgan fingerprint density at radius 2 is 1.93 bits per heavy atom. The van der Waals surface area contributed by atoms with E-state index in [4.69, 9.17) is 12.2 Å². The van der Waals surface area contributed by atoms with Crippen LogP contribution in [0.25, 0.3) is 0 Å². The lowest BCUT2D eigenvalue weighted by atomic mass is 10.2. The van der Waals surface area contributed by atoms with Crippen LogP contribution < -0.4 is 16.0 Å². The minimum atomic E-state index is -0.247. The number of rotatable bonds is 4. The minimum absolute atomic E-state index is 0. The molecule has 0 atom stereocenters. The van der Waals surface area contributed by atoms with Crippen molar-refractivity contribution in [3.8, 4) is 12.3 Å². The van der Waals surface area contributed by atoms with E-state index in [2.05, 4.69) is 31.1 Å². The molecule has 0 spiro atoms. The molecule has 3 rings (SSSR count). The van der Waals surface area contributed by atoms with Crippen LogP contribution in [0.15, 0.2) is 47.7 Å². The highest BCUT2D eigenvalue weighted by Crippen LogP contribution is 2.10. The van der Waals surface area contributed by atoms with E-state index in [-0.39, 0.29) is 36.4 Å². The average Bonchev–Trinajstić information content (AvgIpc) is 2.73. The average molecular weight is 491 g/mol. The predicted octanol–water partition coefficient (Wildman–Crippen LogP) is 1.15. The van der Waals surface area contributed by atoms with Crippen molar-refractivity contribution in [2.24, 2.45) is 10.7 Å². The van der Waals surface area contributed by atoms with E-state index in [0.717, 1.165) is 13.1 Å². The third kappa shape index (κ3) is 5.82. The van der Waals surface area contributed by atoms with E-state index in [1.807, 2.05) is 4.90 Å². The highest BCUT2D eigenvalue weighted by Gasteiger charge is 2.20. The first-order valence-electron chi connectivity index (χ1n) is 8.59. The fourth-order valence-corrected chi connectivity index (χ4v) is 2.73. The van der Waals surface area contributed by atoms with Crippen LogP contribution in [-0.2, 0) is 4.79 Å². The zero-order valence-electron chi connectivity index (χ0n) is 15.3. The minimum Gasteiger partial charge on any atom is -0.370 e. The Morgan fingerprint density at radius 3 is 2.61 bits per heavy atom.